The van der Waals surface area contributed by atoms with Crippen molar-refractivity contribution in [1.29, 1.82) is 0 Å². The summed E-state index contributed by atoms with van der Waals surface area (Å²) < 4.78 is 5.59. The lowest BCUT2D eigenvalue weighted by atomic mass is 10.00. The molecule has 2 atom stereocenters. The standard InChI is InChI=1S/C14H21N3O2/c1-2-13-10(7-8-19-13)9-16-14(18)17-12-5-3-11(15)4-6-12/h3-6,10,13H,2,7-9,15H2,1H3,(H2,16,17,18). The Hall–Kier alpha value is -1.75. The van der Waals surface area contributed by atoms with Crippen molar-refractivity contribution in [3.8, 4) is 0 Å². The first kappa shape index (κ1) is 13.7. The number of nitrogens with one attached hydrogen (secondary N) is 2. The van der Waals surface area contributed by atoms with Crippen LogP contribution in [0.5, 0.6) is 0 Å². The minimum absolute atomic E-state index is 0.188. The SMILES string of the molecule is CCC1OCCC1CNC(=O)Nc1ccc(N)cc1. The van der Waals surface area contributed by atoms with Gasteiger partial charge in [0.25, 0.3) is 0 Å². The van der Waals surface area contributed by atoms with E-state index in [0.717, 1.165) is 25.1 Å². The minimum Gasteiger partial charge on any atom is -0.399 e. The van der Waals surface area contributed by atoms with Gasteiger partial charge in [0.05, 0.1) is 6.10 Å². The number of ether oxygens (including phenoxy) is 1. The zero-order valence-corrected chi connectivity index (χ0v) is 11.2. The van der Waals surface area contributed by atoms with Gasteiger partial charge < -0.3 is 21.1 Å². The molecule has 1 heterocycles. The molecule has 1 aromatic carbocycles. The molecule has 19 heavy (non-hydrogen) atoms. The highest BCUT2D eigenvalue weighted by molar-refractivity contribution is 5.89. The van der Waals surface area contributed by atoms with Gasteiger partial charge in [0.2, 0.25) is 0 Å². The van der Waals surface area contributed by atoms with Crippen LogP contribution in [-0.2, 0) is 4.74 Å². The van der Waals surface area contributed by atoms with Crippen molar-refractivity contribution in [1.82, 2.24) is 5.32 Å². The van der Waals surface area contributed by atoms with Gasteiger partial charge in [-0.2, -0.15) is 0 Å². The summed E-state index contributed by atoms with van der Waals surface area (Å²) in [6.45, 7) is 3.56. The van der Waals surface area contributed by atoms with E-state index < -0.39 is 0 Å². The van der Waals surface area contributed by atoms with Crippen LogP contribution in [0.25, 0.3) is 0 Å². The Kier molecular flexibility index (Phi) is 4.63. The molecule has 1 saturated heterocycles. The maximum absolute atomic E-state index is 11.8. The van der Waals surface area contributed by atoms with E-state index in [1.54, 1.807) is 24.3 Å². The number of benzene rings is 1. The molecular weight excluding hydrogens is 242 g/mol. The Labute approximate surface area is 113 Å². The van der Waals surface area contributed by atoms with E-state index in [-0.39, 0.29) is 12.1 Å². The van der Waals surface area contributed by atoms with Crippen LogP contribution in [-0.4, -0.2) is 25.3 Å². The average Bonchev–Trinajstić information content (AvgIpc) is 2.86. The predicted octanol–water partition coefficient (Wildman–Crippen LogP) is 2.21. The maximum Gasteiger partial charge on any atom is 0.319 e. The molecule has 104 valence electrons. The van der Waals surface area contributed by atoms with Crippen molar-refractivity contribution in [2.75, 3.05) is 24.2 Å². The summed E-state index contributed by atoms with van der Waals surface area (Å²) in [5.74, 6) is 0.419. The van der Waals surface area contributed by atoms with Crippen LogP contribution in [0.4, 0.5) is 16.2 Å². The molecule has 0 spiro atoms. The highest BCUT2D eigenvalue weighted by atomic mass is 16.5. The van der Waals surface area contributed by atoms with Crippen LogP contribution in [0, 0.1) is 5.92 Å². The summed E-state index contributed by atoms with van der Waals surface area (Å²) in [5, 5.41) is 5.67. The van der Waals surface area contributed by atoms with E-state index in [1.165, 1.54) is 0 Å². The Bertz CT molecular complexity index is 419. The summed E-state index contributed by atoms with van der Waals surface area (Å²) in [6, 6.07) is 6.89. The van der Waals surface area contributed by atoms with E-state index in [4.69, 9.17) is 10.5 Å². The maximum atomic E-state index is 11.8. The number of urea groups is 1. The van der Waals surface area contributed by atoms with Crippen LogP contribution in [0.2, 0.25) is 0 Å². The second-order valence-corrected chi connectivity index (χ2v) is 4.82. The molecule has 1 aliphatic rings. The summed E-state index contributed by atoms with van der Waals surface area (Å²) in [7, 11) is 0. The lowest BCUT2D eigenvalue weighted by Crippen LogP contribution is -2.35. The lowest BCUT2D eigenvalue weighted by Gasteiger charge is -2.17. The number of anilines is 2. The molecule has 1 aromatic rings. The topological polar surface area (TPSA) is 76.4 Å². The van der Waals surface area contributed by atoms with Crippen molar-refractivity contribution >= 4 is 17.4 Å². The van der Waals surface area contributed by atoms with Crippen LogP contribution >= 0.6 is 0 Å². The molecule has 1 fully saturated rings. The minimum atomic E-state index is -0.188. The van der Waals surface area contributed by atoms with Gasteiger partial charge in [0.1, 0.15) is 0 Å². The molecule has 2 unspecified atom stereocenters. The van der Waals surface area contributed by atoms with Gasteiger partial charge in [0.15, 0.2) is 0 Å². The van der Waals surface area contributed by atoms with Gasteiger partial charge in [-0.25, -0.2) is 4.79 Å². The van der Waals surface area contributed by atoms with E-state index in [9.17, 15) is 4.79 Å². The van der Waals surface area contributed by atoms with E-state index in [1.807, 2.05) is 0 Å². The van der Waals surface area contributed by atoms with Gasteiger partial charge in [-0.1, -0.05) is 6.92 Å². The molecule has 0 bridgehead atoms. The predicted molar refractivity (Wildman–Crippen MR) is 76.0 cm³/mol. The Morgan fingerprint density at radius 3 is 2.84 bits per heavy atom. The largest absolute Gasteiger partial charge is 0.399 e. The van der Waals surface area contributed by atoms with Crippen molar-refractivity contribution < 1.29 is 9.53 Å². The van der Waals surface area contributed by atoms with Gasteiger partial charge >= 0.3 is 6.03 Å². The number of hydrogen-bond donors (Lipinski definition) is 3. The second kappa shape index (κ2) is 6.43. The van der Waals surface area contributed by atoms with Gasteiger partial charge in [-0.05, 0) is 37.1 Å². The zero-order valence-electron chi connectivity index (χ0n) is 11.2. The molecule has 0 saturated carbocycles. The number of carbonyl (C=O) groups is 1. The van der Waals surface area contributed by atoms with Crippen molar-refractivity contribution in [3.63, 3.8) is 0 Å². The number of nitrogen functional groups attached to an aromatic ring is 1. The first-order chi connectivity index (χ1) is 9.19. The molecule has 2 rings (SSSR count). The smallest absolute Gasteiger partial charge is 0.319 e. The highest BCUT2D eigenvalue weighted by Gasteiger charge is 2.26. The van der Waals surface area contributed by atoms with E-state index in [2.05, 4.69) is 17.6 Å². The highest BCUT2D eigenvalue weighted by Crippen LogP contribution is 2.22. The Morgan fingerprint density at radius 2 is 2.16 bits per heavy atom. The van der Waals surface area contributed by atoms with Crippen molar-refractivity contribution in [3.05, 3.63) is 24.3 Å². The number of hydrogen-bond acceptors (Lipinski definition) is 3. The van der Waals surface area contributed by atoms with Gasteiger partial charge in [0, 0.05) is 30.4 Å². The molecule has 1 aliphatic heterocycles. The fraction of sp³-hybridized carbons (Fsp3) is 0.500. The quantitative estimate of drug-likeness (QED) is 0.729. The summed E-state index contributed by atoms with van der Waals surface area (Å²) in [4.78, 5) is 11.8. The third-order valence-corrected chi connectivity index (χ3v) is 3.44. The summed E-state index contributed by atoms with van der Waals surface area (Å²) in [5.41, 5.74) is 7.01. The molecular formula is C14H21N3O2. The molecule has 0 radical (unpaired) electrons. The molecule has 0 aromatic heterocycles. The van der Waals surface area contributed by atoms with E-state index >= 15 is 0 Å². The molecule has 0 aliphatic carbocycles. The molecule has 4 N–H and O–H groups in total. The van der Waals surface area contributed by atoms with Crippen LogP contribution in [0.3, 0.4) is 0 Å². The molecule has 2 amide bonds. The number of rotatable bonds is 4. The first-order valence-electron chi connectivity index (χ1n) is 6.71. The van der Waals surface area contributed by atoms with Crippen LogP contribution in [0.15, 0.2) is 24.3 Å². The molecule has 5 nitrogen and oxygen atoms in total. The average molecular weight is 263 g/mol. The Morgan fingerprint density at radius 1 is 1.42 bits per heavy atom. The third kappa shape index (κ3) is 3.86. The lowest BCUT2D eigenvalue weighted by molar-refractivity contribution is 0.0879. The summed E-state index contributed by atoms with van der Waals surface area (Å²) >= 11 is 0. The monoisotopic (exact) mass is 263 g/mol. The summed E-state index contributed by atoms with van der Waals surface area (Å²) in [6.07, 6.45) is 2.28. The zero-order chi connectivity index (χ0) is 13.7. The van der Waals surface area contributed by atoms with Gasteiger partial charge in [-0.3, -0.25) is 0 Å². The van der Waals surface area contributed by atoms with Crippen LogP contribution in [0.1, 0.15) is 19.8 Å². The normalized spacial score (nSPS) is 22.2. The first-order valence-corrected chi connectivity index (χ1v) is 6.71. The Balaban J connectivity index is 1.77. The fourth-order valence-corrected chi connectivity index (χ4v) is 2.34. The third-order valence-electron chi connectivity index (χ3n) is 3.44. The number of carbonyl (C=O) groups excluding carboxylic acids is 1. The van der Waals surface area contributed by atoms with Crippen molar-refractivity contribution in [2.45, 2.75) is 25.9 Å². The fourth-order valence-electron chi connectivity index (χ4n) is 2.34. The second-order valence-electron chi connectivity index (χ2n) is 4.82. The van der Waals surface area contributed by atoms with Gasteiger partial charge in [-0.15, -0.1) is 0 Å². The van der Waals surface area contributed by atoms with Crippen LogP contribution < -0.4 is 16.4 Å². The van der Waals surface area contributed by atoms with Crippen molar-refractivity contribution in [2.24, 2.45) is 5.92 Å². The van der Waals surface area contributed by atoms with E-state index in [0.29, 0.717) is 18.2 Å². The number of nitrogens with two attached hydrogens (primary N) is 1. The molecule has 5 heteroatoms. The number of amides is 2.